The molecule has 2 heterocycles. The van der Waals surface area contributed by atoms with Gasteiger partial charge in [0.25, 0.3) is 0 Å². The maximum atomic E-state index is 12.1. The number of carbonyl (C=O) groups excluding carboxylic acids is 1. The third kappa shape index (κ3) is 2.47. The van der Waals surface area contributed by atoms with Crippen molar-refractivity contribution in [3.05, 3.63) is 48.2 Å². The van der Waals surface area contributed by atoms with E-state index in [0.717, 1.165) is 18.4 Å². The number of ether oxygens (including phenoxy) is 1. The van der Waals surface area contributed by atoms with E-state index in [2.05, 4.69) is 15.3 Å². The van der Waals surface area contributed by atoms with Crippen molar-refractivity contribution in [2.75, 3.05) is 16.8 Å². The maximum Gasteiger partial charge on any atom is 0.416 e. The summed E-state index contributed by atoms with van der Waals surface area (Å²) in [5.41, 5.74) is 1.03. The van der Waals surface area contributed by atoms with E-state index in [9.17, 15) is 4.79 Å². The van der Waals surface area contributed by atoms with Crippen LogP contribution >= 0.6 is 0 Å². The van der Waals surface area contributed by atoms with Gasteiger partial charge in [-0.2, -0.15) is 4.98 Å². The molecular weight excluding hydrogens is 280 g/mol. The van der Waals surface area contributed by atoms with E-state index >= 15 is 0 Å². The lowest BCUT2D eigenvalue weighted by Crippen LogP contribution is -2.28. The van der Waals surface area contributed by atoms with Crippen molar-refractivity contribution in [1.82, 2.24) is 9.97 Å². The van der Waals surface area contributed by atoms with Gasteiger partial charge in [0, 0.05) is 12.2 Å². The van der Waals surface area contributed by atoms with Crippen LogP contribution < -0.4 is 10.2 Å². The van der Waals surface area contributed by atoms with Gasteiger partial charge in [-0.05, 0) is 24.5 Å². The number of amides is 1. The quantitative estimate of drug-likeness (QED) is 0.939. The van der Waals surface area contributed by atoms with Gasteiger partial charge < -0.3 is 10.1 Å². The number of nitrogens with one attached hydrogen (secondary N) is 1. The molecule has 4 rings (SSSR count). The van der Waals surface area contributed by atoms with Gasteiger partial charge in [0.2, 0.25) is 5.95 Å². The van der Waals surface area contributed by atoms with Crippen LogP contribution in [0.5, 0.6) is 0 Å². The summed E-state index contributed by atoms with van der Waals surface area (Å²) < 4.78 is 5.23. The summed E-state index contributed by atoms with van der Waals surface area (Å²) in [6, 6.07) is 11.9. The maximum absolute atomic E-state index is 12.1. The zero-order valence-corrected chi connectivity index (χ0v) is 12.0. The zero-order chi connectivity index (χ0) is 14.9. The number of aromatic nitrogens is 2. The van der Waals surface area contributed by atoms with Gasteiger partial charge in [-0.3, -0.25) is 4.90 Å². The van der Waals surface area contributed by atoms with Crippen LogP contribution in [0.25, 0.3) is 0 Å². The normalized spacial score (nSPS) is 20.8. The van der Waals surface area contributed by atoms with E-state index in [4.69, 9.17) is 4.74 Å². The SMILES string of the molecule is O=C1OCC(c2ccccc2)N1c1ccnc(NC2CC2)n1. The average molecular weight is 296 g/mol. The molecule has 1 atom stereocenters. The molecule has 1 N–H and O–H groups in total. The Balaban J connectivity index is 1.65. The molecule has 2 aliphatic rings. The number of carbonyl (C=O) groups is 1. The summed E-state index contributed by atoms with van der Waals surface area (Å²) >= 11 is 0. The predicted octanol–water partition coefficient (Wildman–Crippen LogP) is 2.75. The van der Waals surface area contributed by atoms with Gasteiger partial charge in [0.1, 0.15) is 18.5 Å². The molecule has 1 saturated heterocycles. The van der Waals surface area contributed by atoms with Crippen LogP contribution in [0.3, 0.4) is 0 Å². The van der Waals surface area contributed by atoms with Gasteiger partial charge in [0.15, 0.2) is 0 Å². The van der Waals surface area contributed by atoms with Crippen molar-refractivity contribution in [2.45, 2.75) is 24.9 Å². The first kappa shape index (κ1) is 13.1. The molecule has 6 heteroatoms. The van der Waals surface area contributed by atoms with E-state index in [1.807, 2.05) is 30.3 Å². The number of nitrogens with zero attached hydrogens (tertiary/aromatic N) is 3. The van der Waals surface area contributed by atoms with Crippen molar-refractivity contribution in [2.24, 2.45) is 0 Å². The topological polar surface area (TPSA) is 67.3 Å². The Kier molecular flexibility index (Phi) is 3.14. The molecule has 22 heavy (non-hydrogen) atoms. The minimum atomic E-state index is -0.370. The smallest absolute Gasteiger partial charge is 0.416 e. The number of hydrogen-bond donors (Lipinski definition) is 1. The van der Waals surface area contributed by atoms with Crippen LogP contribution in [0.1, 0.15) is 24.4 Å². The van der Waals surface area contributed by atoms with Crippen LogP contribution in [0, 0.1) is 0 Å². The Hall–Kier alpha value is -2.63. The summed E-state index contributed by atoms with van der Waals surface area (Å²) in [6.07, 6.45) is 3.59. The summed E-state index contributed by atoms with van der Waals surface area (Å²) in [6.45, 7) is 0.332. The fourth-order valence-electron chi connectivity index (χ4n) is 2.56. The Bertz CT molecular complexity index is 688. The molecule has 1 aromatic carbocycles. The third-order valence-corrected chi connectivity index (χ3v) is 3.86. The first-order valence-corrected chi connectivity index (χ1v) is 7.42. The molecule has 6 nitrogen and oxygen atoms in total. The highest BCUT2D eigenvalue weighted by atomic mass is 16.6. The van der Waals surface area contributed by atoms with Gasteiger partial charge in [0.05, 0.1) is 0 Å². The molecule has 0 bridgehead atoms. The van der Waals surface area contributed by atoms with Crippen LogP contribution in [-0.4, -0.2) is 28.7 Å². The lowest BCUT2D eigenvalue weighted by molar-refractivity contribution is 0.179. The van der Waals surface area contributed by atoms with Crippen molar-refractivity contribution < 1.29 is 9.53 Å². The molecule has 2 fully saturated rings. The molecule has 0 radical (unpaired) electrons. The minimum absolute atomic E-state index is 0.155. The molecule has 1 unspecified atom stereocenters. The molecule has 1 aromatic heterocycles. The molecule has 1 amide bonds. The Morgan fingerprint density at radius 2 is 2.00 bits per heavy atom. The second-order valence-electron chi connectivity index (χ2n) is 5.53. The first-order chi connectivity index (χ1) is 10.8. The lowest BCUT2D eigenvalue weighted by atomic mass is 10.1. The Morgan fingerprint density at radius 1 is 1.18 bits per heavy atom. The van der Waals surface area contributed by atoms with Crippen molar-refractivity contribution in [3.63, 3.8) is 0 Å². The Labute approximate surface area is 128 Å². The fourth-order valence-corrected chi connectivity index (χ4v) is 2.56. The molecule has 1 aliphatic carbocycles. The van der Waals surface area contributed by atoms with E-state index in [-0.39, 0.29) is 12.1 Å². The average Bonchev–Trinajstić information content (AvgIpc) is 3.28. The second kappa shape index (κ2) is 5.29. The van der Waals surface area contributed by atoms with Gasteiger partial charge in [-0.15, -0.1) is 0 Å². The van der Waals surface area contributed by atoms with Crippen LogP contribution in [0.4, 0.5) is 16.6 Å². The zero-order valence-electron chi connectivity index (χ0n) is 12.0. The highest BCUT2D eigenvalue weighted by Crippen LogP contribution is 2.32. The van der Waals surface area contributed by atoms with Crippen molar-refractivity contribution >= 4 is 17.9 Å². The standard InChI is InChI=1S/C16H16N4O2/c21-16-20(13(10-22-16)11-4-2-1-3-5-11)14-8-9-17-15(19-14)18-12-6-7-12/h1-5,8-9,12-13H,6-7,10H2,(H,17,18,19). The molecule has 112 valence electrons. The number of anilines is 2. The second-order valence-corrected chi connectivity index (χ2v) is 5.53. The molecular formula is C16H16N4O2. The molecule has 1 aliphatic heterocycles. The number of rotatable bonds is 4. The van der Waals surface area contributed by atoms with Crippen molar-refractivity contribution in [3.8, 4) is 0 Å². The fraction of sp³-hybridized carbons (Fsp3) is 0.312. The molecule has 2 aromatic rings. The van der Waals surface area contributed by atoms with E-state index in [1.165, 1.54) is 0 Å². The van der Waals surface area contributed by atoms with E-state index in [0.29, 0.717) is 24.4 Å². The number of benzene rings is 1. The van der Waals surface area contributed by atoms with Crippen molar-refractivity contribution in [1.29, 1.82) is 0 Å². The molecule has 0 spiro atoms. The number of cyclic esters (lactones) is 1. The first-order valence-electron chi connectivity index (χ1n) is 7.42. The Morgan fingerprint density at radius 3 is 2.77 bits per heavy atom. The number of hydrogen-bond acceptors (Lipinski definition) is 5. The van der Waals surface area contributed by atoms with Crippen LogP contribution in [0.15, 0.2) is 42.6 Å². The van der Waals surface area contributed by atoms with Gasteiger partial charge in [-0.25, -0.2) is 9.78 Å². The van der Waals surface area contributed by atoms with Crippen LogP contribution in [-0.2, 0) is 4.74 Å². The van der Waals surface area contributed by atoms with Gasteiger partial charge >= 0.3 is 6.09 Å². The van der Waals surface area contributed by atoms with Crippen LogP contribution in [0.2, 0.25) is 0 Å². The summed E-state index contributed by atoms with van der Waals surface area (Å²) in [5.74, 6) is 1.13. The summed E-state index contributed by atoms with van der Waals surface area (Å²) in [5, 5.41) is 3.25. The van der Waals surface area contributed by atoms with Gasteiger partial charge in [-0.1, -0.05) is 30.3 Å². The largest absolute Gasteiger partial charge is 0.447 e. The third-order valence-electron chi connectivity index (χ3n) is 3.86. The highest BCUT2D eigenvalue weighted by Gasteiger charge is 2.36. The monoisotopic (exact) mass is 296 g/mol. The summed E-state index contributed by atoms with van der Waals surface area (Å²) in [4.78, 5) is 22.4. The highest BCUT2D eigenvalue weighted by molar-refractivity contribution is 5.89. The lowest BCUT2D eigenvalue weighted by Gasteiger charge is -2.21. The summed E-state index contributed by atoms with van der Waals surface area (Å²) in [7, 11) is 0. The van der Waals surface area contributed by atoms with E-state index in [1.54, 1.807) is 17.2 Å². The van der Waals surface area contributed by atoms with E-state index < -0.39 is 0 Å². The minimum Gasteiger partial charge on any atom is -0.447 e. The predicted molar refractivity (Wildman–Crippen MR) is 81.7 cm³/mol. The molecule has 1 saturated carbocycles.